The molecular weight excluding hydrogens is 360 g/mol. The molecule has 2 aromatic rings. The average molecular weight is 380 g/mol. The molecule has 10 heteroatoms. The maximum atomic E-state index is 12.4. The van der Waals surface area contributed by atoms with E-state index in [4.69, 9.17) is 9.47 Å². The minimum absolute atomic E-state index is 0.00363. The van der Waals surface area contributed by atoms with Gasteiger partial charge in [0.25, 0.3) is 10.0 Å². The molecule has 1 amide bonds. The summed E-state index contributed by atoms with van der Waals surface area (Å²) in [6, 6.07) is 5.88. The van der Waals surface area contributed by atoms with Gasteiger partial charge in [-0.25, -0.2) is 13.1 Å². The Labute approximate surface area is 151 Å². The van der Waals surface area contributed by atoms with Crippen molar-refractivity contribution in [2.45, 2.75) is 24.3 Å². The SMILES string of the molecule is COCCOc1ccc(S(=O)(=O)NC(=O)C2CCn3cnnc3C2)cc1. The number of aryl methyl sites for hydroxylation is 1. The molecule has 2 heterocycles. The van der Waals surface area contributed by atoms with Crippen LogP contribution in [0.2, 0.25) is 0 Å². The van der Waals surface area contributed by atoms with E-state index in [1.54, 1.807) is 13.4 Å². The van der Waals surface area contributed by atoms with Gasteiger partial charge >= 0.3 is 0 Å². The lowest BCUT2D eigenvalue weighted by molar-refractivity contribution is -0.123. The maximum Gasteiger partial charge on any atom is 0.264 e. The molecule has 0 saturated carbocycles. The molecule has 1 aromatic carbocycles. The number of methoxy groups -OCH3 is 1. The Morgan fingerprint density at radius 3 is 2.81 bits per heavy atom. The highest BCUT2D eigenvalue weighted by molar-refractivity contribution is 7.90. The highest BCUT2D eigenvalue weighted by atomic mass is 32.2. The second-order valence-electron chi connectivity index (χ2n) is 5.91. The molecule has 1 N–H and O–H groups in total. The molecule has 1 aliphatic heterocycles. The van der Waals surface area contributed by atoms with Crippen molar-refractivity contribution in [3.8, 4) is 5.75 Å². The number of amides is 1. The number of nitrogens with one attached hydrogen (secondary N) is 1. The van der Waals surface area contributed by atoms with Crippen molar-refractivity contribution in [2.24, 2.45) is 5.92 Å². The molecule has 9 nitrogen and oxygen atoms in total. The first kappa shape index (κ1) is 18.3. The van der Waals surface area contributed by atoms with Gasteiger partial charge in [-0.1, -0.05) is 0 Å². The molecule has 140 valence electrons. The van der Waals surface area contributed by atoms with Gasteiger partial charge in [-0.05, 0) is 30.7 Å². The van der Waals surface area contributed by atoms with Crippen molar-refractivity contribution >= 4 is 15.9 Å². The van der Waals surface area contributed by atoms with Gasteiger partial charge in [0.05, 0.1) is 11.5 Å². The number of hydrogen-bond acceptors (Lipinski definition) is 7. The molecule has 0 radical (unpaired) electrons. The van der Waals surface area contributed by atoms with E-state index in [1.165, 1.54) is 24.3 Å². The zero-order valence-corrected chi connectivity index (χ0v) is 15.1. The van der Waals surface area contributed by atoms with Crippen LogP contribution in [0.5, 0.6) is 5.75 Å². The Balaban J connectivity index is 1.62. The van der Waals surface area contributed by atoms with Crippen LogP contribution in [0.1, 0.15) is 12.2 Å². The van der Waals surface area contributed by atoms with Gasteiger partial charge in [0.1, 0.15) is 24.5 Å². The number of carbonyl (C=O) groups is 1. The summed E-state index contributed by atoms with van der Waals surface area (Å²) in [6.07, 6.45) is 2.52. The van der Waals surface area contributed by atoms with E-state index < -0.39 is 21.8 Å². The molecule has 1 aromatic heterocycles. The quantitative estimate of drug-likeness (QED) is 0.691. The molecule has 0 saturated heterocycles. The van der Waals surface area contributed by atoms with Crippen molar-refractivity contribution in [1.82, 2.24) is 19.5 Å². The van der Waals surface area contributed by atoms with Crippen LogP contribution in [-0.4, -0.2) is 49.4 Å². The van der Waals surface area contributed by atoms with E-state index in [0.717, 1.165) is 0 Å². The number of ether oxygens (including phenoxy) is 2. The van der Waals surface area contributed by atoms with Gasteiger partial charge < -0.3 is 14.0 Å². The van der Waals surface area contributed by atoms with Crippen molar-refractivity contribution < 1.29 is 22.7 Å². The van der Waals surface area contributed by atoms with Gasteiger partial charge in [0, 0.05) is 26.0 Å². The fourth-order valence-electron chi connectivity index (χ4n) is 2.70. The Bertz CT molecular complexity index is 863. The number of carbonyl (C=O) groups excluding carboxylic acids is 1. The fraction of sp³-hybridized carbons (Fsp3) is 0.438. The Kier molecular flexibility index (Phi) is 5.52. The molecule has 1 aliphatic rings. The first-order valence-corrected chi connectivity index (χ1v) is 9.63. The summed E-state index contributed by atoms with van der Waals surface area (Å²) in [7, 11) is -2.37. The van der Waals surface area contributed by atoms with Gasteiger partial charge in [-0.15, -0.1) is 10.2 Å². The zero-order valence-electron chi connectivity index (χ0n) is 14.3. The van der Waals surface area contributed by atoms with E-state index in [1.807, 2.05) is 4.57 Å². The number of benzene rings is 1. The van der Waals surface area contributed by atoms with E-state index in [0.29, 0.717) is 44.2 Å². The molecule has 1 atom stereocenters. The van der Waals surface area contributed by atoms with E-state index in [9.17, 15) is 13.2 Å². The molecule has 0 fully saturated rings. The first-order chi connectivity index (χ1) is 12.5. The fourth-order valence-corrected chi connectivity index (χ4v) is 3.74. The first-order valence-electron chi connectivity index (χ1n) is 8.15. The van der Waals surface area contributed by atoms with E-state index in [-0.39, 0.29) is 4.90 Å². The summed E-state index contributed by atoms with van der Waals surface area (Å²) < 4.78 is 39.1. The highest BCUT2D eigenvalue weighted by Gasteiger charge is 2.29. The topological polar surface area (TPSA) is 112 Å². The van der Waals surface area contributed by atoms with Crippen LogP contribution in [0.3, 0.4) is 0 Å². The summed E-state index contributed by atoms with van der Waals surface area (Å²) >= 11 is 0. The van der Waals surface area contributed by atoms with Crippen molar-refractivity contribution in [1.29, 1.82) is 0 Å². The van der Waals surface area contributed by atoms with Crippen LogP contribution in [0.15, 0.2) is 35.5 Å². The summed E-state index contributed by atoms with van der Waals surface area (Å²) in [5.74, 6) is 0.239. The van der Waals surface area contributed by atoms with Crippen LogP contribution in [-0.2, 0) is 32.5 Å². The third kappa shape index (κ3) is 4.20. The van der Waals surface area contributed by atoms with E-state index >= 15 is 0 Å². The largest absolute Gasteiger partial charge is 0.491 e. The van der Waals surface area contributed by atoms with Gasteiger partial charge in [-0.2, -0.15) is 0 Å². The standard InChI is InChI=1S/C16H20N4O5S/c1-24-8-9-25-13-2-4-14(5-3-13)26(22,23)19-16(21)12-6-7-20-11-17-18-15(20)10-12/h2-5,11-12H,6-10H2,1H3,(H,19,21). The van der Waals surface area contributed by atoms with Crippen LogP contribution in [0.4, 0.5) is 0 Å². The van der Waals surface area contributed by atoms with Crippen LogP contribution >= 0.6 is 0 Å². The number of rotatable bonds is 7. The lowest BCUT2D eigenvalue weighted by Crippen LogP contribution is -2.38. The second-order valence-corrected chi connectivity index (χ2v) is 7.60. The molecule has 26 heavy (non-hydrogen) atoms. The predicted molar refractivity (Wildman–Crippen MR) is 91.0 cm³/mol. The average Bonchev–Trinajstić information content (AvgIpc) is 3.10. The minimum atomic E-state index is -3.94. The van der Waals surface area contributed by atoms with Crippen LogP contribution < -0.4 is 9.46 Å². The molecule has 0 spiro atoms. The number of fused-ring (bicyclic) bond motifs is 1. The van der Waals surface area contributed by atoms with Crippen molar-refractivity contribution in [3.63, 3.8) is 0 Å². The minimum Gasteiger partial charge on any atom is -0.491 e. The lowest BCUT2D eigenvalue weighted by atomic mass is 9.97. The molecule has 0 bridgehead atoms. The Morgan fingerprint density at radius 1 is 1.31 bits per heavy atom. The van der Waals surface area contributed by atoms with Gasteiger partial charge in [-0.3, -0.25) is 4.79 Å². The lowest BCUT2D eigenvalue weighted by Gasteiger charge is -2.21. The number of hydrogen-bond donors (Lipinski definition) is 1. The van der Waals surface area contributed by atoms with Crippen LogP contribution in [0, 0.1) is 5.92 Å². The normalized spacial score (nSPS) is 16.7. The van der Waals surface area contributed by atoms with Crippen molar-refractivity contribution in [2.75, 3.05) is 20.3 Å². The number of nitrogens with zero attached hydrogens (tertiary/aromatic N) is 3. The van der Waals surface area contributed by atoms with Gasteiger partial charge in [0.15, 0.2) is 0 Å². The van der Waals surface area contributed by atoms with E-state index in [2.05, 4.69) is 14.9 Å². The second kappa shape index (κ2) is 7.83. The maximum absolute atomic E-state index is 12.4. The third-order valence-electron chi connectivity index (χ3n) is 4.14. The highest BCUT2D eigenvalue weighted by Crippen LogP contribution is 2.20. The van der Waals surface area contributed by atoms with Crippen LogP contribution in [0.25, 0.3) is 0 Å². The summed E-state index contributed by atoms with van der Waals surface area (Å²) in [4.78, 5) is 12.4. The molecular formula is C16H20N4O5S. The zero-order chi connectivity index (χ0) is 18.6. The molecule has 0 aliphatic carbocycles. The monoisotopic (exact) mass is 380 g/mol. The predicted octanol–water partition coefficient (Wildman–Crippen LogP) is 0.371. The summed E-state index contributed by atoms with van der Waals surface area (Å²) in [6.45, 7) is 1.39. The molecule has 3 rings (SSSR count). The molecule has 1 unspecified atom stereocenters. The summed E-state index contributed by atoms with van der Waals surface area (Å²) in [5, 5.41) is 7.74. The Hall–Kier alpha value is -2.46. The third-order valence-corrected chi connectivity index (χ3v) is 5.50. The van der Waals surface area contributed by atoms with Gasteiger partial charge in [0.2, 0.25) is 5.91 Å². The summed E-state index contributed by atoms with van der Waals surface area (Å²) in [5.41, 5.74) is 0. The number of aromatic nitrogens is 3. The Morgan fingerprint density at radius 2 is 2.08 bits per heavy atom. The number of sulfonamides is 1. The van der Waals surface area contributed by atoms with Crippen molar-refractivity contribution in [3.05, 3.63) is 36.4 Å². The smallest absolute Gasteiger partial charge is 0.264 e.